The second-order valence-corrected chi connectivity index (χ2v) is 5.33. The van der Waals surface area contributed by atoms with Crippen molar-refractivity contribution < 1.29 is 13.9 Å². The molecule has 1 saturated heterocycles. The molecule has 1 aromatic carbocycles. The van der Waals surface area contributed by atoms with Crippen LogP contribution >= 0.6 is 0 Å². The van der Waals surface area contributed by atoms with Crippen LogP contribution in [-0.2, 0) is 11.3 Å². The van der Waals surface area contributed by atoms with E-state index in [0.29, 0.717) is 6.54 Å². The molecule has 0 unspecified atom stereocenters. The number of nitrogens with zero attached hydrogens (tertiary/aromatic N) is 1. The second kappa shape index (κ2) is 5.19. The van der Waals surface area contributed by atoms with E-state index in [1.165, 1.54) is 0 Å². The smallest absolute Gasteiger partial charge is 0.410 e. The van der Waals surface area contributed by atoms with E-state index in [0.717, 1.165) is 24.8 Å². The van der Waals surface area contributed by atoms with Gasteiger partial charge in [-0.1, -0.05) is 36.8 Å². The summed E-state index contributed by atoms with van der Waals surface area (Å²) >= 11 is 0. The minimum Gasteiger partial charge on any atom is -0.445 e. The van der Waals surface area contributed by atoms with Gasteiger partial charge in [0.05, 0.1) is 6.04 Å². The molecular weight excluding hydrogens is 245 g/mol. The summed E-state index contributed by atoms with van der Waals surface area (Å²) in [5.41, 5.74) is 0.954. The quantitative estimate of drug-likeness (QED) is 0.820. The summed E-state index contributed by atoms with van der Waals surface area (Å²) < 4.78 is 18.9. The second-order valence-electron chi connectivity index (χ2n) is 5.33. The first-order valence-electron chi connectivity index (χ1n) is 6.89. The first-order chi connectivity index (χ1) is 9.27. The molecule has 1 heterocycles. The standard InChI is InChI=1S/C15H18FNO2/c16-13-12-8-4-5-9-17(14(12)13)15(18)19-10-11-6-2-1-3-7-11/h1-3,6-7,12-14H,4-5,8-10H2/t12-,13-,14-/m1/s1. The number of carbonyl (C=O) groups is 1. The van der Waals surface area contributed by atoms with Crippen molar-refractivity contribution in [1.29, 1.82) is 0 Å². The topological polar surface area (TPSA) is 29.5 Å². The Morgan fingerprint density at radius 3 is 2.89 bits per heavy atom. The fraction of sp³-hybridized carbons (Fsp3) is 0.533. The lowest BCUT2D eigenvalue weighted by atomic mass is 10.2. The molecule has 0 radical (unpaired) electrons. The number of alkyl halides is 1. The zero-order valence-corrected chi connectivity index (χ0v) is 10.8. The number of ether oxygens (including phenoxy) is 1. The van der Waals surface area contributed by atoms with E-state index in [9.17, 15) is 9.18 Å². The molecule has 1 aliphatic heterocycles. The molecule has 1 saturated carbocycles. The van der Waals surface area contributed by atoms with Crippen LogP contribution in [0.2, 0.25) is 0 Å². The Labute approximate surface area is 112 Å². The third kappa shape index (κ3) is 2.57. The van der Waals surface area contributed by atoms with Crippen LogP contribution in [0.1, 0.15) is 24.8 Å². The highest BCUT2D eigenvalue weighted by Gasteiger charge is 2.56. The molecular formula is C15H18FNO2. The predicted octanol–water partition coefficient (Wildman–Crippen LogP) is 3.15. The molecule has 102 valence electrons. The number of hydrogen-bond donors (Lipinski definition) is 0. The summed E-state index contributed by atoms with van der Waals surface area (Å²) in [5.74, 6) is 0.0479. The first kappa shape index (κ1) is 12.5. The Bertz CT molecular complexity index is 451. The summed E-state index contributed by atoms with van der Waals surface area (Å²) in [5, 5.41) is 0. The van der Waals surface area contributed by atoms with Crippen molar-refractivity contribution in [2.24, 2.45) is 5.92 Å². The van der Waals surface area contributed by atoms with Crippen molar-refractivity contribution >= 4 is 6.09 Å². The van der Waals surface area contributed by atoms with E-state index in [4.69, 9.17) is 4.74 Å². The highest BCUT2D eigenvalue weighted by Crippen LogP contribution is 2.45. The third-order valence-corrected chi connectivity index (χ3v) is 4.02. The van der Waals surface area contributed by atoms with Crippen LogP contribution in [0, 0.1) is 5.92 Å². The maximum Gasteiger partial charge on any atom is 0.410 e. The fourth-order valence-corrected chi connectivity index (χ4v) is 2.87. The average molecular weight is 263 g/mol. The van der Waals surface area contributed by atoms with Gasteiger partial charge in [-0.05, 0) is 18.4 Å². The zero-order valence-electron chi connectivity index (χ0n) is 10.8. The van der Waals surface area contributed by atoms with Crippen molar-refractivity contribution in [3.8, 4) is 0 Å². The van der Waals surface area contributed by atoms with Gasteiger partial charge in [-0.2, -0.15) is 0 Å². The molecule has 0 N–H and O–H groups in total. The van der Waals surface area contributed by atoms with Crippen molar-refractivity contribution in [2.75, 3.05) is 6.54 Å². The highest BCUT2D eigenvalue weighted by molar-refractivity contribution is 5.69. The molecule has 3 atom stereocenters. The maximum atomic E-state index is 13.6. The van der Waals surface area contributed by atoms with Crippen LogP contribution in [0.4, 0.5) is 9.18 Å². The number of likely N-dealkylation sites (tertiary alicyclic amines) is 1. The van der Waals surface area contributed by atoms with Gasteiger partial charge < -0.3 is 9.64 Å². The number of hydrogen-bond acceptors (Lipinski definition) is 2. The first-order valence-corrected chi connectivity index (χ1v) is 6.89. The Morgan fingerprint density at radius 1 is 1.32 bits per heavy atom. The van der Waals surface area contributed by atoms with Crippen LogP contribution in [0.5, 0.6) is 0 Å². The Balaban J connectivity index is 1.58. The molecule has 3 rings (SSSR count). The van der Waals surface area contributed by atoms with Crippen molar-refractivity contribution in [2.45, 2.75) is 38.1 Å². The lowest BCUT2D eigenvalue weighted by Crippen LogP contribution is -2.35. The van der Waals surface area contributed by atoms with Gasteiger partial charge in [-0.25, -0.2) is 9.18 Å². The lowest BCUT2D eigenvalue weighted by Gasteiger charge is -2.20. The molecule has 0 spiro atoms. The molecule has 0 bridgehead atoms. The van der Waals surface area contributed by atoms with E-state index < -0.39 is 6.17 Å². The average Bonchev–Trinajstić information content (AvgIpc) is 3.13. The molecule has 1 aromatic rings. The van der Waals surface area contributed by atoms with Crippen LogP contribution in [-0.4, -0.2) is 29.8 Å². The van der Waals surface area contributed by atoms with Gasteiger partial charge in [-0.3, -0.25) is 0 Å². The van der Waals surface area contributed by atoms with Crippen molar-refractivity contribution in [3.05, 3.63) is 35.9 Å². The molecule has 1 aliphatic carbocycles. The number of rotatable bonds is 2. The van der Waals surface area contributed by atoms with E-state index in [2.05, 4.69) is 0 Å². The van der Waals surface area contributed by atoms with E-state index in [1.54, 1.807) is 4.90 Å². The normalized spacial score (nSPS) is 29.3. The van der Waals surface area contributed by atoms with E-state index in [1.807, 2.05) is 30.3 Å². The summed E-state index contributed by atoms with van der Waals surface area (Å²) in [6.07, 6.45) is 1.63. The minimum atomic E-state index is -0.843. The molecule has 2 aliphatic rings. The molecule has 1 amide bonds. The largest absolute Gasteiger partial charge is 0.445 e. The number of fused-ring (bicyclic) bond motifs is 1. The molecule has 3 nitrogen and oxygen atoms in total. The number of carbonyl (C=O) groups excluding carboxylic acids is 1. The molecule has 0 aromatic heterocycles. The molecule has 19 heavy (non-hydrogen) atoms. The van der Waals surface area contributed by atoms with Crippen molar-refractivity contribution in [3.63, 3.8) is 0 Å². The highest BCUT2D eigenvalue weighted by atomic mass is 19.1. The molecule has 4 heteroatoms. The van der Waals surface area contributed by atoms with Crippen LogP contribution in [0.25, 0.3) is 0 Å². The van der Waals surface area contributed by atoms with E-state index in [-0.39, 0.29) is 24.7 Å². The number of benzene rings is 1. The maximum absolute atomic E-state index is 13.6. The molecule has 2 fully saturated rings. The van der Waals surface area contributed by atoms with Crippen LogP contribution in [0.3, 0.4) is 0 Å². The van der Waals surface area contributed by atoms with Gasteiger partial charge in [0.25, 0.3) is 0 Å². The van der Waals surface area contributed by atoms with Gasteiger partial charge in [-0.15, -0.1) is 0 Å². The van der Waals surface area contributed by atoms with E-state index >= 15 is 0 Å². The summed E-state index contributed by atoms with van der Waals surface area (Å²) in [7, 11) is 0. The van der Waals surface area contributed by atoms with Crippen LogP contribution in [0.15, 0.2) is 30.3 Å². The van der Waals surface area contributed by atoms with Gasteiger partial charge in [0.2, 0.25) is 0 Å². The van der Waals surface area contributed by atoms with Gasteiger partial charge >= 0.3 is 6.09 Å². The zero-order chi connectivity index (χ0) is 13.2. The van der Waals surface area contributed by atoms with Crippen molar-refractivity contribution in [1.82, 2.24) is 4.90 Å². The Hall–Kier alpha value is -1.58. The van der Waals surface area contributed by atoms with Gasteiger partial charge in [0.15, 0.2) is 0 Å². The minimum absolute atomic E-state index is 0.0479. The van der Waals surface area contributed by atoms with Gasteiger partial charge in [0, 0.05) is 12.5 Å². The monoisotopic (exact) mass is 263 g/mol. The number of halogens is 1. The summed E-state index contributed by atoms with van der Waals surface area (Å²) in [6, 6.07) is 9.32. The predicted molar refractivity (Wildman–Crippen MR) is 69.4 cm³/mol. The lowest BCUT2D eigenvalue weighted by molar-refractivity contribution is 0.0903. The Morgan fingerprint density at radius 2 is 2.11 bits per heavy atom. The van der Waals surface area contributed by atoms with Gasteiger partial charge in [0.1, 0.15) is 12.8 Å². The fourth-order valence-electron chi connectivity index (χ4n) is 2.87. The summed E-state index contributed by atoms with van der Waals surface area (Å²) in [4.78, 5) is 13.6. The Kier molecular flexibility index (Phi) is 3.40. The number of amides is 1. The summed E-state index contributed by atoms with van der Waals surface area (Å²) in [6.45, 7) is 0.875. The third-order valence-electron chi connectivity index (χ3n) is 4.02. The van der Waals surface area contributed by atoms with Crippen LogP contribution < -0.4 is 0 Å². The SMILES string of the molecule is O=C(OCc1ccccc1)N1CCCC[C@@H]2[C@@H](F)[C@@H]21.